The lowest BCUT2D eigenvalue weighted by molar-refractivity contribution is -0.117. The highest BCUT2D eigenvalue weighted by atomic mass is 31.2. The Hall–Kier alpha value is 0.180. The Morgan fingerprint density at radius 3 is 1.43 bits per heavy atom. The van der Waals surface area contributed by atoms with Gasteiger partial charge in [-0.2, -0.15) is 0 Å². The maximum absolute atomic E-state index is 10.3. The third kappa shape index (κ3) is 7.57. The zero-order chi connectivity index (χ0) is 11.6. The summed E-state index contributed by atoms with van der Waals surface area (Å²) in [6.07, 6.45) is -1.82. The molecule has 0 atom stereocenters. The average molecular weight is 251 g/mol. The van der Waals surface area contributed by atoms with E-state index in [0.29, 0.717) is 0 Å². The van der Waals surface area contributed by atoms with Crippen molar-refractivity contribution in [2.45, 2.75) is 6.41 Å². The number of rotatable bonds is 5. The Kier molecular flexibility index (Phi) is 4.86. The summed E-state index contributed by atoms with van der Waals surface area (Å²) in [4.78, 5) is 34.4. The van der Waals surface area contributed by atoms with Crippen molar-refractivity contribution >= 4 is 15.6 Å². The van der Waals surface area contributed by atoms with Gasteiger partial charge < -0.3 is 19.6 Å². The number of nitrogens with zero attached hydrogens (tertiary/aromatic N) is 1. The first-order valence-electron chi connectivity index (χ1n) is 3.15. The molecule has 0 saturated heterocycles. The first-order chi connectivity index (χ1) is 6.01. The zero-order valence-electron chi connectivity index (χ0n) is 7.34. The van der Waals surface area contributed by atoms with Gasteiger partial charge in [0.15, 0.2) is 0 Å². The van der Waals surface area contributed by atoms with Crippen LogP contribution in [0.4, 0.5) is 0 Å². The van der Waals surface area contributed by atoms with Gasteiger partial charge in [0, 0.05) is 0 Å². The van der Waals surface area contributed by atoms with Gasteiger partial charge in [0.05, 0.1) is 0 Å². The van der Waals surface area contributed by atoms with Gasteiger partial charge in [0.1, 0.15) is 0 Å². The van der Waals surface area contributed by atoms with Crippen molar-refractivity contribution in [1.29, 1.82) is 0 Å². The fourth-order valence-electron chi connectivity index (χ4n) is 0.443. The summed E-state index contributed by atoms with van der Waals surface area (Å²) in [5.41, 5.74) is 0. The molecule has 4 N–H and O–H groups in total. The van der Waals surface area contributed by atoms with Crippen LogP contribution in [0.15, 0.2) is 0 Å². The average Bonchev–Trinajstić information content (AvgIpc) is 1.78. The largest absolute Gasteiger partial charge is 0.472 e. The van der Waals surface area contributed by atoms with Crippen molar-refractivity contribution in [3.63, 3.8) is 0 Å². The van der Waals surface area contributed by atoms with Gasteiger partial charge in [-0.05, 0) is 14.1 Å². The second-order valence-electron chi connectivity index (χ2n) is 2.46. The number of phosphoric acid groups is 2. The quantitative estimate of drug-likeness (QED) is 0.360. The predicted molar refractivity (Wildman–Crippen MR) is 43.7 cm³/mol. The molecule has 0 fully saturated rings. The lowest BCUT2D eigenvalue weighted by Crippen LogP contribution is -2.31. The van der Waals surface area contributed by atoms with Crippen molar-refractivity contribution in [3.05, 3.63) is 0 Å². The molecule has 0 aromatic carbocycles. The number of hydrogen-bond acceptors (Lipinski definition) is 5. The minimum Gasteiger partial charge on any atom is -0.303 e. The summed E-state index contributed by atoms with van der Waals surface area (Å²) in [6, 6.07) is 0. The highest BCUT2D eigenvalue weighted by molar-refractivity contribution is 7.47. The number of phosphoric ester groups is 2. The summed E-state index contributed by atoms with van der Waals surface area (Å²) >= 11 is 0. The molecule has 0 radical (unpaired) electrons. The Bertz CT molecular complexity index is 242. The van der Waals surface area contributed by atoms with Gasteiger partial charge >= 0.3 is 15.6 Å². The summed E-state index contributed by atoms with van der Waals surface area (Å²) < 4.78 is 28.6. The van der Waals surface area contributed by atoms with E-state index in [1.807, 2.05) is 0 Å². The topological polar surface area (TPSA) is 137 Å². The smallest absolute Gasteiger partial charge is 0.303 e. The van der Waals surface area contributed by atoms with Gasteiger partial charge in [-0.3, -0.25) is 4.90 Å². The molecule has 0 bridgehead atoms. The van der Waals surface area contributed by atoms with Gasteiger partial charge in [-0.15, -0.1) is 0 Å². The highest BCUT2D eigenvalue weighted by Gasteiger charge is 2.30. The molecule has 9 nitrogen and oxygen atoms in total. The standard InChI is InChI=1S/C3H11NO8P2/c1-4(2)3(11-13(5,6)7)12-14(8,9)10/h3H,1-2H3,(H2,5,6,7)(H2,8,9,10). The van der Waals surface area contributed by atoms with Crippen molar-refractivity contribution in [2.75, 3.05) is 14.1 Å². The third-order valence-electron chi connectivity index (χ3n) is 0.877. The van der Waals surface area contributed by atoms with E-state index in [1.54, 1.807) is 0 Å². The molecule has 0 spiro atoms. The Morgan fingerprint density at radius 1 is 1.00 bits per heavy atom. The first kappa shape index (κ1) is 14.2. The molecule has 11 heteroatoms. The van der Waals surface area contributed by atoms with Crippen molar-refractivity contribution in [2.24, 2.45) is 0 Å². The van der Waals surface area contributed by atoms with E-state index in [1.165, 1.54) is 14.1 Å². The van der Waals surface area contributed by atoms with Crippen LogP contribution in [-0.2, 0) is 18.2 Å². The maximum Gasteiger partial charge on any atom is 0.472 e. The molecule has 0 heterocycles. The van der Waals surface area contributed by atoms with E-state index in [0.717, 1.165) is 4.90 Å². The SMILES string of the molecule is CN(C)C(OP(=O)(O)O)OP(=O)(O)O. The summed E-state index contributed by atoms with van der Waals surface area (Å²) in [6.45, 7) is 0. The molecular weight excluding hydrogens is 240 g/mol. The highest BCUT2D eigenvalue weighted by Crippen LogP contribution is 2.44. The fraction of sp³-hybridized carbons (Fsp3) is 1.00. The molecule has 0 saturated carbocycles. The summed E-state index contributed by atoms with van der Waals surface area (Å²) in [5, 5.41) is 0. The van der Waals surface area contributed by atoms with Crippen LogP contribution < -0.4 is 0 Å². The Labute approximate surface area is 79.7 Å². The van der Waals surface area contributed by atoms with Crippen LogP contribution in [0.25, 0.3) is 0 Å². The monoisotopic (exact) mass is 251 g/mol. The molecule has 0 aliphatic carbocycles. The van der Waals surface area contributed by atoms with E-state index in [2.05, 4.69) is 9.05 Å². The maximum atomic E-state index is 10.3. The molecule has 0 unspecified atom stereocenters. The van der Waals surface area contributed by atoms with Gasteiger partial charge in [0.25, 0.3) is 0 Å². The van der Waals surface area contributed by atoms with E-state index >= 15 is 0 Å². The lowest BCUT2D eigenvalue weighted by Gasteiger charge is -2.23. The van der Waals surface area contributed by atoms with E-state index in [-0.39, 0.29) is 0 Å². The second kappa shape index (κ2) is 4.80. The predicted octanol–water partition coefficient (Wildman–Crippen LogP) is -0.950. The normalized spacial score (nSPS) is 14.0. The minimum atomic E-state index is -4.87. The summed E-state index contributed by atoms with van der Waals surface area (Å²) in [7, 11) is -7.22. The van der Waals surface area contributed by atoms with Crippen LogP contribution in [0.2, 0.25) is 0 Å². The fourth-order valence-corrected chi connectivity index (χ4v) is 1.44. The van der Waals surface area contributed by atoms with Crippen LogP contribution >= 0.6 is 15.6 Å². The molecule has 0 aliphatic heterocycles. The van der Waals surface area contributed by atoms with Gasteiger partial charge in [-0.25, -0.2) is 18.2 Å². The Morgan fingerprint density at radius 2 is 1.29 bits per heavy atom. The molecule has 0 rings (SSSR count). The zero-order valence-corrected chi connectivity index (χ0v) is 9.13. The third-order valence-corrected chi connectivity index (χ3v) is 1.79. The van der Waals surface area contributed by atoms with Crippen molar-refractivity contribution < 1.29 is 37.8 Å². The summed E-state index contributed by atoms with van der Waals surface area (Å²) in [5.74, 6) is 0. The van der Waals surface area contributed by atoms with Crippen LogP contribution in [0.1, 0.15) is 0 Å². The Balaban J connectivity index is 4.48. The lowest BCUT2D eigenvalue weighted by atomic mass is 10.9. The first-order valence-corrected chi connectivity index (χ1v) is 6.21. The van der Waals surface area contributed by atoms with Crippen molar-refractivity contribution in [3.8, 4) is 0 Å². The van der Waals surface area contributed by atoms with Gasteiger partial charge in [-0.1, -0.05) is 0 Å². The molecule has 86 valence electrons. The molecule has 0 aromatic rings. The molecule has 0 amide bonds. The van der Waals surface area contributed by atoms with E-state index < -0.39 is 22.1 Å². The number of hydrogen-bond donors (Lipinski definition) is 4. The van der Waals surface area contributed by atoms with Crippen LogP contribution in [0.5, 0.6) is 0 Å². The molecule has 14 heavy (non-hydrogen) atoms. The van der Waals surface area contributed by atoms with Crippen molar-refractivity contribution in [1.82, 2.24) is 4.90 Å². The van der Waals surface area contributed by atoms with E-state index in [4.69, 9.17) is 19.6 Å². The molecule has 0 aliphatic rings. The molecule has 0 aromatic heterocycles. The minimum absolute atomic E-state index is 0.943. The van der Waals surface area contributed by atoms with Crippen LogP contribution in [-0.4, -0.2) is 45.0 Å². The van der Waals surface area contributed by atoms with E-state index in [9.17, 15) is 9.13 Å². The van der Waals surface area contributed by atoms with Crippen LogP contribution in [0, 0.1) is 0 Å². The molecular formula is C3H11NO8P2. The second-order valence-corrected chi connectivity index (χ2v) is 4.85. The van der Waals surface area contributed by atoms with Gasteiger partial charge in [0.2, 0.25) is 6.41 Å². The van der Waals surface area contributed by atoms with Crippen LogP contribution in [0.3, 0.4) is 0 Å².